The summed E-state index contributed by atoms with van der Waals surface area (Å²) < 4.78 is 5.11. The third-order valence-electron chi connectivity index (χ3n) is 1.42. The van der Waals surface area contributed by atoms with Gasteiger partial charge in [0.15, 0.2) is 0 Å². The molecule has 0 atom stereocenters. The van der Waals surface area contributed by atoms with E-state index in [1.165, 1.54) is 0 Å². The van der Waals surface area contributed by atoms with Crippen LogP contribution in [0.4, 0.5) is 0 Å². The fourth-order valence-electron chi connectivity index (χ4n) is 0.876. The summed E-state index contributed by atoms with van der Waals surface area (Å²) in [6.45, 7) is 0. The number of rotatable bonds is 3. The molecule has 3 heteroatoms. The Morgan fingerprint density at radius 3 is 3.17 bits per heavy atom. The summed E-state index contributed by atoms with van der Waals surface area (Å²) in [6.07, 6.45) is 7.17. The van der Waals surface area contributed by atoms with Gasteiger partial charge in [0.25, 0.3) is 0 Å². The van der Waals surface area contributed by atoms with Crippen LogP contribution in [0.15, 0.2) is 24.5 Å². The van der Waals surface area contributed by atoms with Gasteiger partial charge in [-0.3, -0.25) is 4.98 Å². The Balaban J connectivity index is 2.89. The van der Waals surface area contributed by atoms with Crippen molar-refractivity contribution in [3.63, 3.8) is 0 Å². The largest absolute Gasteiger partial charge is 0.496 e. The molecular weight excluding hydrogens is 174 g/mol. The lowest BCUT2D eigenvalue weighted by atomic mass is 10.2. The number of alkyl halides is 1. The Bertz CT molecular complexity index is 273. The number of hydrogen-bond acceptors (Lipinski definition) is 2. The molecule has 1 aromatic heterocycles. The van der Waals surface area contributed by atoms with E-state index in [9.17, 15) is 0 Å². The van der Waals surface area contributed by atoms with Crippen molar-refractivity contribution in [1.29, 1.82) is 0 Å². The van der Waals surface area contributed by atoms with E-state index in [0.29, 0.717) is 5.88 Å². The molecule has 0 aliphatic rings. The molecule has 0 spiro atoms. The van der Waals surface area contributed by atoms with Crippen LogP contribution in [-0.2, 0) is 0 Å². The van der Waals surface area contributed by atoms with Crippen molar-refractivity contribution >= 4 is 17.7 Å². The molecule has 0 saturated carbocycles. The second kappa shape index (κ2) is 4.78. The van der Waals surface area contributed by atoms with Crippen LogP contribution in [0.2, 0.25) is 0 Å². The van der Waals surface area contributed by atoms with Crippen LogP contribution in [0.5, 0.6) is 5.75 Å². The average molecular weight is 184 g/mol. The van der Waals surface area contributed by atoms with Crippen molar-refractivity contribution in [3.05, 3.63) is 30.1 Å². The van der Waals surface area contributed by atoms with E-state index >= 15 is 0 Å². The van der Waals surface area contributed by atoms with Gasteiger partial charge in [-0.2, -0.15) is 0 Å². The molecule has 0 N–H and O–H groups in total. The zero-order valence-electron chi connectivity index (χ0n) is 6.83. The molecule has 0 aliphatic carbocycles. The fraction of sp³-hybridized carbons (Fsp3) is 0.222. The lowest BCUT2D eigenvalue weighted by Gasteiger charge is -2.01. The maximum absolute atomic E-state index is 5.50. The fourth-order valence-corrected chi connectivity index (χ4v) is 0.966. The van der Waals surface area contributed by atoms with Gasteiger partial charge in [-0.25, -0.2) is 0 Å². The standard InChI is InChI=1S/C9H10ClNO/c1-12-9-4-6-11-7-8(9)3-2-5-10/h2-4,6-7H,5H2,1H3. The van der Waals surface area contributed by atoms with Crippen LogP contribution >= 0.6 is 11.6 Å². The third kappa shape index (κ3) is 2.24. The number of aromatic nitrogens is 1. The van der Waals surface area contributed by atoms with Crippen LogP contribution in [0.1, 0.15) is 5.56 Å². The molecule has 1 rings (SSSR count). The second-order valence-electron chi connectivity index (χ2n) is 2.17. The molecule has 12 heavy (non-hydrogen) atoms. The average Bonchev–Trinajstić information content (AvgIpc) is 2.15. The van der Waals surface area contributed by atoms with Crippen LogP contribution in [0.3, 0.4) is 0 Å². The Morgan fingerprint density at radius 1 is 1.67 bits per heavy atom. The van der Waals surface area contributed by atoms with Crippen molar-refractivity contribution in [2.24, 2.45) is 0 Å². The molecule has 0 bridgehead atoms. The van der Waals surface area contributed by atoms with Crippen molar-refractivity contribution in [2.75, 3.05) is 13.0 Å². The lowest BCUT2D eigenvalue weighted by Crippen LogP contribution is -1.87. The van der Waals surface area contributed by atoms with Crippen molar-refractivity contribution in [2.45, 2.75) is 0 Å². The van der Waals surface area contributed by atoms with Gasteiger partial charge in [0.05, 0.1) is 7.11 Å². The van der Waals surface area contributed by atoms with E-state index < -0.39 is 0 Å². The molecule has 2 nitrogen and oxygen atoms in total. The second-order valence-corrected chi connectivity index (χ2v) is 2.48. The Kier molecular flexibility index (Phi) is 3.61. The predicted octanol–water partition coefficient (Wildman–Crippen LogP) is 2.34. The number of allylic oxidation sites excluding steroid dienone is 1. The van der Waals surface area contributed by atoms with Gasteiger partial charge in [0.1, 0.15) is 5.75 Å². The predicted molar refractivity (Wildman–Crippen MR) is 50.5 cm³/mol. The normalized spacial score (nSPS) is 10.5. The number of nitrogens with zero attached hydrogens (tertiary/aromatic N) is 1. The summed E-state index contributed by atoms with van der Waals surface area (Å²) in [4.78, 5) is 3.97. The summed E-state index contributed by atoms with van der Waals surface area (Å²) in [6, 6.07) is 1.81. The van der Waals surface area contributed by atoms with E-state index in [4.69, 9.17) is 16.3 Å². The van der Waals surface area contributed by atoms with E-state index in [2.05, 4.69) is 4.98 Å². The molecule has 0 fully saturated rings. The molecule has 0 amide bonds. The van der Waals surface area contributed by atoms with Crippen LogP contribution < -0.4 is 4.74 Å². The topological polar surface area (TPSA) is 22.1 Å². The van der Waals surface area contributed by atoms with Crippen molar-refractivity contribution in [3.8, 4) is 5.75 Å². The van der Waals surface area contributed by atoms with E-state index in [1.807, 2.05) is 18.2 Å². The molecule has 0 saturated heterocycles. The molecule has 0 aromatic carbocycles. The quantitative estimate of drug-likeness (QED) is 0.672. The zero-order valence-corrected chi connectivity index (χ0v) is 7.58. The first-order valence-corrected chi connectivity index (χ1v) is 4.12. The van der Waals surface area contributed by atoms with E-state index in [0.717, 1.165) is 11.3 Å². The van der Waals surface area contributed by atoms with Gasteiger partial charge < -0.3 is 4.74 Å². The Morgan fingerprint density at radius 2 is 2.50 bits per heavy atom. The number of pyridine rings is 1. The first-order chi connectivity index (χ1) is 5.88. The maximum Gasteiger partial charge on any atom is 0.129 e. The van der Waals surface area contributed by atoms with Gasteiger partial charge in [-0.05, 0) is 6.07 Å². The number of hydrogen-bond donors (Lipinski definition) is 0. The van der Waals surface area contributed by atoms with Crippen LogP contribution in [0, 0.1) is 0 Å². The van der Waals surface area contributed by atoms with Gasteiger partial charge in [0.2, 0.25) is 0 Å². The number of ether oxygens (including phenoxy) is 1. The number of halogens is 1. The van der Waals surface area contributed by atoms with Gasteiger partial charge in [0, 0.05) is 23.8 Å². The molecular formula is C9H10ClNO. The van der Waals surface area contributed by atoms with E-state index in [1.54, 1.807) is 19.5 Å². The minimum Gasteiger partial charge on any atom is -0.496 e. The molecule has 1 aromatic rings. The van der Waals surface area contributed by atoms with Gasteiger partial charge in [-0.1, -0.05) is 12.2 Å². The highest BCUT2D eigenvalue weighted by atomic mass is 35.5. The highest BCUT2D eigenvalue weighted by molar-refractivity contribution is 6.19. The van der Waals surface area contributed by atoms with Gasteiger partial charge in [-0.15, -0.1) is 11.6 Å². The molecule has 0 aliphatic heterocycles. The SMILES string of the molecule is COc1ccncc1C=CCCl. The lowest BCUT2D eigenvalue weighted by molar-refractivity contribution is 0.413. The Hall–Kier alpha value is -1.02. The van der Waals surface area contributed by atoms with Gasteiger partial charge >= 0.3 is 0 Å². The monoisotopic (exact) mass is 183 g/mol. The summed E-state index contributed by atoms with van der Waals surface area (Å²) in [7, 11) is 1.63. The summed E-state index contributed by atoms with van der Waals surface area (Å²) in [5.74, 6) is 1.31. The number of methoxy groups -OCH3 is 1. The minimum absolute atomic E-state index is 0.498. The third-order valence-corrected chi connectivity index (χ3v) is 1.59. The summed E-state index contributed by atoms with van der Waals surface area (Å²) >= 11 is 5.50. The first-order valence-electron chi connectivity index (χ1n) is 3.59. The molecule has 0 radical (unpaired) electrons. The summed E-state index contributed by atoms with van der Waals surface area (Å²) in [5, 5.41) is 0. The minimum atomic E-state index is 0.498. The van der Waals surface area contributed by atoms with Crippen molar-refractivity contribution < 1.29 is 4.74 Å². The maximum atomic E-state index is 5.50. The highest BCUT2D eigenvalue weighted by Crippen LogP contribution is 2.16. The molecule has 0 unspecified atom stereocenters. The van der Waals surface area contributed by atoms with E-state index in [-0.39, 0.29) is 0 Å². The zero-order chi connectivity index (χ0) is 8.81. The van der Waals surface area contributed by atoms with Crippen LogP contribution in [-0.4, -0.2) is 18.0 Å². The Labute approximate surface area is 76.8 Å². The smallest absolute Gasteiger partial charge is 0.129 e. The molecule has 64 valence electrons. The highest BCUT2D eigenvalue weighted by Gasteiger charge is 1.95. The van der Waals surface area contributed by atoms with Crippen molar-refractivity contribution in [1.82, 2.24) is 4.98 Å². The first kappa shape index (κ1) is 9.07. The summed E-state index contributed by atoms with van der Waals surface area (Å²) in [5.41, 5.74) is 0.945. The van der Waals surface area contributed by atoms with Crippen LogP contribution in [0.25, 0.3) is 6.08 Å². The molecule has 1 heterocycles.